The maximum Gasteiger partial charge on any atom is 0.223 e. The summed E-state index contributed by atoms with van der Waals surface area (Å²) in [4.78, 5) is 12.1. The average Bonchev–Trinajstić information content (AvgIpc) is 2.59. The summed E-state index contributed by atoms with van der Waals surface area (Å²) in [5, 5.41) is 6.56. The van der Waals surface area contributed by atoms with Crippen LogP contribution in [0.2, 0.25) is 0 Å². The minimum absolute atomic E-state index is 0. The second-order valence-corrected chi connectivity index (χ2v) is 5.24. The second kappa shape index (κ2) is 7.93. The minimum Gasteiger partial charge on any atom is -0.352 e. The Kier molecular flexibility index (Phi) is 6.90. The number of piperidine rings is 1. The average molecular weight is 261 g/mol. The van der Waals surface area contributed by atoms with Gasteiger partial charge in [-0.05, 0) is 32.2 Å². The lowest BCUT2D eigenvalue weighted by Crippen LogP contribution is -2.47. The van der Waals surface area contributed by atoms with Crippen molar-refractivity contribution in [1.29, 1.82) is 0 Å². The van der Waals surface area contributed by atoms with Crippen LogP contribution < -0.4 is 10.6 Å². The van der Waals surface area contributed by atoms with E-state index >= 15 is 0 Å². The van der Waals surface area contributed by atoms with Gasteiger partial charge < -0.3 is 10.6 Å². The van der Waals surface area contributed by atoms with Gasteiger partial charge in [0.25, 0.3) is 0 Å². The van der Waals surface area contributed by atoms with E-state index in [1.165, 1.54) is 32.1 Å². The summed E-state index contributed by atoms with van der Waals surface area (Å²) < 4.78 is 0. The van der Waals surface area contributed by atoms with Gasteiger partial charge in [0.15, 0.2) is 0 Å². The molecule has 2 N–H and O–H groups in total. The molecule has 0 aromatic rings. The molecule has 0 bridgehead atoms. The summed E-state index contributed by atoms with van der Waals surface area (Å²) in [6.07, 6.45) is 9.64. The van der Waals surface area contributed by atoms with Crippen molar-refractivity contribution < 1.29 is 4.79 Å². The number of nitrogens with one attached hydrogen (secondary N) is 2. The van der Waals surface area contributed by atoms with Crippen LogP contribution in [0.15, 0.2) is 0 Å². The highest BCUT2D eigenvalue weighted by molar-refractivity contribution is 5.85. The van der Waals surface area contributed by atoms with Crippen LogP contribution in [0.1, 0.15) is 51.4 Å². The lowest BCUT2D eigenvalue weighted by atomic mass is 9.98. The molecule has 0 unspecified atom stereocenters. The normalized spacial score (nSPS) is 26.7. The Morgan fingerprint density at radius 2 is 1.71 bits per heavy atom. The molecule has 2 aliphatic rings. The van der Waals surface area contributed by atoms with E-state index in [0.717, 1.165) is 32.4 Å². The molecule has 0 radical (unpaired) electrons. The number of hydrogen-bond acceptors (Lipinski definition) is 2. The molecule has 2 rings (SSSR count). The summed E-state index contributed by atoms with van der Waals surface area (Å²) in [7, 11) is 0. The zero-order chi connectivity index (χ0) is 11.2. The Balaban J connectivity index is 0.00000144. The van der Waals surface area contributed by atoms with Gasteiger partial charge in [-0.25, -0.2) is 0 Å². The van der Waals surface area contributed by atoms with Crippen molar-refractivity contribution in [2.45, 2.75) is 57.4 Å². The van der Waals surface area contributed by atoms with E-state index in [9.17, 15) is 4.79 Å². The van der Waals surface area contributed by atoms with Crippen molar-refractivity contribution in [3.8, 4) is 0 Å². The van der Waals surface area contributed by atoms with Crippen molar-refractivity contribution in [3.63, 3.8) is 0 Å². The number of hydrogen-bond donors (Lipinski definition) is 2. The van der Waals surface area contributed by atoms with Gasteiger partial charge in [-0.15, -0.1) is 12.4 Å². The maximum atomic E-state index is 12.1. The van der Waals surface area contributed by atoms with Crippen LogP contribution in [0.5, 0.6) is 0 Å². The molecule has 3 nitrogen and oxygen atoms in total. The van der Waals surface area contributed by atoms with Crippen LogP contribution in [0.4, 0.5) is 0 Å². The van der Waals surface area contributed by atoms with Gasteiger partial charge >= 0.3 is 0 Å². The number of rotatable bonds is 2. The molecule has 100 valence electrons. The van der Waals surface area contributed by atoms with Crippen LogP contribution in [0.3, 0.4) is 0 Å². The van der Waals surface area contributed by atoms with Crippen LogP contribution in [-0.2, 0) is 4.79 Å². The predicted molar refractivity (Wildman–Crippen MR) is 72.5 cm³/mol. The summed E-state index contributed by atoms with van der Waals surface area (Å²) in [6, 6.07) is 0.379. The fraction of sp³-hybridized carbons (Fsp3) is 0.923. The standard InChI is InChI=1S/C13H24N2O.ClH/c16-13(11-6-3-1-2-4-7-11)15-12-8-5-9-14-10-12;/h11-12,14H,1-10H2,(H,15,16);1H/t12-;/m1./s1. The van der Waals surface area contributed by atoms with Gasteiger partial charge in [-0.2, -0.15) is 0 Å². The third kappa shape index (κ3) is 4.84. The molecule has 1 heterocycles. The number of amides is 1. The predicted octanol–water partition coefficient (Wildman–Crippen LogP) is 2.25. The SMILES string of the molecule is Cl.O=C(N[C@@H]1CCCNC1)C1CCCCCC1. The Morgan fingerprint density at radius 3 is 2.29 bits per heavy atom. The fourth-order valence-electron chi connectivity index (χ4n) is 2.84. The molecular formula is C13H25ClN2O. The van der Waals surface area contributed by atoms with Gasteiger partial charge in [0.05, 0.1) is 0 Å². The van der Waals surface area contributed by atoms with E-state index in [2.05, 4.69) is 10.6 Å². The Bertz CT molecular complexity index is 221. The number of halogens is 1. The molecule has 4 heteroatoms. The van der Waals surface area contributed by atoms with Gasteiger partial charge in [-0.3, -0.25) is 4.79 Å². The molecule has 1 aliphatic carbocycles. The van der Waals surface area contributed by atoms with Gasteiger partial charge in [-0.1, -0.05) is 25.7 Å². The molecule has 1 aliphatic heterocycles. The molecule has 0 spiro atoms. The smallest absolute Gasteiger partial charge is 0.223 e. The fourth-order valence-corrected chi connectivity index (χ4v) is 2.84. The maximum absolute atomic E-state index is 12.1. The largest absolute Gasteiger partial charge is 0.352 e. The summed E-state index contributed by atoms with van der Waals surface area (Å²) in [6.45, 7) is 2.06. The topological polar surface area (TPSA) is 41.1 Å². The van der Waals surface area contributed by atoms with Crippen molar-refractivity contribution in [3.05, 3.63) is 0 Å². The molecule has 1 atom stereocenters. The summed E-state index contributed by atoms with van der Waals surface area (Å²) in [5.74, 6) is 0.611. The highest BCUT2D eigenvalue weighted by Gasteiger charge is 2.23. The lowest BCUT2D eigenvalue weighted by molar-refractivity contribution is -0.126. The summed E-state index contributed by atoms with van der Waals surface area (Å²) >= 11 is 0. The monoisotopic (exact) mass is 260 g/mol. The molecule has 0 aromatic heterocycles. The molecule has 1 saturated carbocycles. The van der Waals surface area contributed by atoms with E-state index in [-0.39, 0.29) is 12.4 Å². The van der Waals surface area contributed by atoms with E-state index in [1.54, 1.807) is 0 Å². The third-order valence-corrected chi connectivity index (χ3v) is 3.87. The number of carbonyl (C=O) groups excluding carboxylic acids is 1. The Labute approximate surface area is 111 Å². The Hall–Kier alpha value is -0.280. The zero-order valence-corrected chi connectivity index (χ0v) is 11.4. The second-order valence-electron chi connectivity index (χ2n) is 5.24. The molecule has 1 amide bonds. The first-order chi connectivity index (χ1) is 7.86. The molecule has 0 aromatic carbocycles. The van der Waals surface area contributed by atoms with Crippen LogP contribution in [0.25, 0.3) is 0 Å². The highest BCUT2D eigenvalue weighted by atomic mass is 35.5. The molecule has 1 saturated heterocycles. The molecule has 17 heavy (non-hydrogen) atoms. The van der Waals surface area contributed by atoms with Crippen molar-refractivity contribution >= 4 is 18.3 Å². The van der Waals surface area contributed by atoms with E-state index in [0.29, 0.717) is 17.9 Å². The first-order valence-corrected chi connectivity index (χ1v) is 6.87. The van der Waals surface area contributed by atoms with Gasteiger partial charge in [0.2, 0.25) is 5.91 Å². The zero-order valence-electron chi connectivity index (χ0n) is 10.5. The van der Waals surface area contributed by atoms with Crippen molar-refractivity contribution in [2.24, 2.45) is 5.92 Å². The van der Waals surface area contributed by atoms with Crippen molar-refractivity contribution in [1.82, 2.24) is 10.6 Å². The number of carbonyl (C=O) groups is 1. The third-order valence-electron chi connectivity index (χ3n) is 3.87. The molecular weight excluding hydrogens is 236 g/mol. The first-order valence-electron chi connectivity index (χ1n) is 6.87. The van der Waals surface area contributed by atoms with E-state index in [1.807, 2.05) is 0 Å². The Morgan fingerprint density at radius 1 is 1.00 bits per heavy atom. The molecule has 2 fully saturated rings. The van der Waals surface area contributed by atoms with Crippen LogP contribution in [-0.4, -0.2) is 25.0 Å². The van der Waals surface area contributed by atoms with E-state index < -0.39 is 0 Å². The quantitative estimate of drug-likeness (QED) is 0.748. The lowest BCUT2D eigenvalue weighted by Gasteiger charge is -2.25. The van der Waals surface area contributed by atoms with Gasteiger partial charge in [0, 0.05) is 18.5 Å². The first kappa shape index (κ1) is 14.8. The van der Waals surface area contributed by atoms with Gasteiger partial charge in [0.1, 0.15) is 0 Å². The van der Waals surface area contributed by atoms with E-state index in [4.69, 9.17) is 0 Å². The highest BCUT2D eigenvalue weighted by Crippen LogP contribution is 2.23. The van der Waals surface area contributed by atoms with Crippen LogP contribution >= 0.6 is 12.4 Å². The summed E-state index contributed by atoms with van der Waals surface area (Å²) in [5.41, 5.74) is 0. The minimum atomic E-state index is 0. The van der Waals surface area contributed by atoms with Crippen molar-refractivity contribution in [2.75, 3.05) is 13.1 Å². The van der Waals surface area contributed by atoms with Crippen LogP contribution in [0, 0.1) is 5.92 Å².